The SMILES string of the molecule is CCCCC(C)(CCC)C(=O)[O-].CCCCCC(C)(CC)C(=O)[O-].CCCCCCC(C)(C)C(=O)[O-].[Sm+3]. The summed E-state index contributed by atoms with van der Waals surface area (Å²) in [6.45, 7) is 17.3. The Labute approximate surface area is 261 Å². The van der Waals surface area contributed by atoms with Gasteiger partial charge in [-0.2, -0.15) is 0 Å². The van der Waals surface area contributed by atoms with Gasteiger partial charge in [0.15, 0.2) is 0 Å². The standard InChI is InChI=1S/3C10H20O2.Sm/c1-4-5-6-7-8-10(2,3)9(11)12;1-4-6-7-8-10(3,5-2)9(11)12;1-4-6-8-10(3,7-5-2)9(11)12;/h3*4-8H2,1-3H3,(H,11,12);/q;;;+3/p-3. The maximum absolute atomic E-state index is 10.8. The van der Waals surface area contributed by atoms with Crippen LogP contribution < -0.4 is 15.3 Å². The molecule has 37 heavy (non-hydrogen) atoms. The van der Waals surface area contributed by atoms with Crippen LogP contribution in [0.3, 0.4) is 0 Å². The van der Waals surface area contributed by atoms with E-state index < -0.39 is 34.2 Å². The average Bonchev–Trinajstić information content (AvgIpc) is 2.81. The van der Waals surface area contributed by atoms with E-state index in [1.165, 1.54) is 12.8 Å². The van der Waals surface area contributed by atoms with E-state index in [4.69, 9.17) is 0 Å². The molecule has 0 aliphatic rings. The van der Waals surface area contributed by atoms with E-state index in [0.717, 1.165) is 77.0 Å². The molecule has 0 amide bonds. The molecule has 0 saturated carbocycles. The van der Waals surface area contributed by atoms with Gasteiger partial charge in [0.2, 0.25) is 0 Å². The van der Waals surface area contributed by atoms with Crippen molar-refractivity contribution in [2.75, 3.05) is 0 Å². The van der Waals surface area contributed by atoms with Crippen molar-refractivity contribution >= 4 is 17.9 Å². The second-order valence-electron chi connectivity index (χ2n) is 11.3. The maximum Gasteiger partial charge on any atom is 3.00 e. The predicted molar refractivity (Wildman–Crippen MR) is 143 cm³/mol. The summed E-state index contributed by atoms with van der Waals surface area (Å²) in [6.07, 6.45) is 14.3. The van der Waals surface area contributed by atoms with E-state index in [0.29, 0.717) is 6.42 Å². The van der Waals surface area contributed by atoms with Gasteiger partial charge < -0.3 is 29.7 Å². The largest absolute Gasteiger partial charge is 3.00 e. The zero-order valence-electron chi connectivity index (χ0n) is 25.5. The molecule has 0 saturated heterocycles. The van der Waals surface area contributed by atoms with Gasteiger partial charge in [-0.25, -0.2) is 0 Å². The molecular formula is C30H57O6Sm. The first kappa shape index (κ1) is 43.8. The van der Waals surface area contributed by atoms with Crippen LogP contribution in [0.2, 0.25) is 0 Å². The van der Waals surface area contributed by atoms with Crippen LogP contribution in [0.15, 0.2) is 0 Å². The molecule has 0 aliphatic heterocycles. The fourth-order valence-electron chi connectivity index (χ4n) is 3.73. The molecule has 2 atom stereocenters. The molecule has 0 aromatic rings. The second kappa shape index (κ2) is 24.8. The molecule has 0 aromatic heterocycles. The minimum atomic E-state index is -0.931. The minimum absolute atomic E-state index is 0. The third-order valence-electron chi connectivity index (χ3n) is 7.19. The number of hydrogen-bond acceptors (Lipinski definition) is 6. The zero-order valence-corrected chi connectivity index (χ0v) is 28.1. The van der Waals surface area contributed by atoms with Crippen LogP contribution in [0.5, 0.6) is 0 Å². The minimum Gasteiger partial charge on any atom is -0.550 e. The molecule has 219 valence electrons. The van der Waals surface area contributed by atoms with Crippen molar-refractivity contribution in [2.24, 2.45) is 16.2 Å². The molecule has 0 aliphatic carbocycles. The summed E-state index contributed by atoms with van der Waals surface area (Å²) in [7, 11) is 0. The van der Waals surface area contributed by atoms with Gasteiger partial charge in [-0.15, -0.1) is 0 Å². The van der Waals surface area contributed by atoms with Crippen molar-refractivity contribution in [1.82, 2.24) is 0 Å². The first-order valence-corrected chi connectivity index (χ1v) is 14.3. The summed E-state index contributed by atoms with van der Waals surface area (Å²) in [6, 6.07) is 0. The van der Waals surface area contributed by atoms with Crippen LogP contribution in [-0.4, -0.2) is 17.9 Å². The van der Waals surface area contributed by atoms with Crippen LogP contribution in [-0.2, 0) is 14.4 Å². The molecule has 1 radical (unpaired) electrons. The normalized spacial score (nSPS) is 13.9. The van der Waals surface area contributed by atoms with E-state index >= 15 is 0 Å². The molecule has 0 bridgehead atoms. The third-order valence-corrected chi connectivity index (χ3v) is 7.19. The van der Waals surface area contributed by atoms with Gasteiger partial charge >= 0.3 is 40.4 Å². The van der Waals surface area contributed by atoms with Crippen molar-refractivity contribution in [2.45, 2.75) is 159 Å². The smallest absolute Gasteiger partial charge is 0.550 e. The average molecular weight is 664 g/mol. The van der Waals surface area contributed by atoms with Crippen molar-refractivity contribution in [3.8, 4) is 0 Å². The topological polar surface area (TPSA) is 120 Å². The van der Waals surface area contributed by atoms with Crippen LogP contribution >= 0.6 is 0 Å². The fourth-order valence-corrected chi connectivity index (χ4v) is 3.73. The number of rotatable bonds is 18. The van der Waals surface area contributed by atoms with Crippen LogP contribution in [0.4, 0.5) is 0 Å². The number of carboxylic acid groups (broad SMARTS) is 3. The Balaban J connectivity index is -0.000000218. The van der Waals surface area contributed by atoms with Crippen molar-refractivity contribution in [3.05, 3.63) is 0 Å². The molecular weight excluding hydrogens is 607 g/mol. The van der Waals surface area contributed by atoms with Gasteiger partial charge in [-0.1, -0.05) is 127 Å². The van der Waals surface area contributed by atoms with E-state index in [2.05, 4.69) is 20.8 Å². The molecule has 2 unspecified atom stereocenters. The summed E-state index contributed by atoms with van der Waals surface area (Å²) in [5, 5.41) is 32.1. The summed E-state index contributed by atoms with van der Waals surface area (Å²) in [4.78, 5) is 32.1. The molecule has 0 heterocycles. The molecule has 6 nitrogen and oxygen atoms in total. The Bertz CT molecular complexity index is 593. The zero-order chi connectivity index (χ0) is 28.8. The van der Waals surface area contributed by atoms with Gasteiger partial charge in [0.1, 0.15) is 0 Å². The summed E-state index contributed by atoms with van der Waals surface area (Å²) < 4.78 is 0. The van der Waals surface area contributed by atoms with Gasteiger partial charge in [-0.05, 0) is 32.1 Å². The van der Waals surface area contributed by atoms with Gasteiger partial charge in [-0.3, -0.25) is 0 Å². The van der Waals surface area contributed by atoms with E-state index in [1.54, 1.807) is 27.7 Å². The molecule has 0 fully saturated rings. The van der Waals surface area contributed by atoms with Crippen molar-refractivity contribution < 1.29 is 70.1 Å². The number of aliphatic carboxylic acids is 3. The van der Waals surface area contributed by atoms with E-state index in [-0.39, 0.29) is 40.4 Å². The quantitative estimate of drug-likeness (QED) is 0.186. The molecule has 7 heteroatoms. The Hall–Kier alpha value is -0.252. The molecule has 0 rings (SSSR count). The summed E-state index contributed by atoms with van der Waals surface area (Å²) in [5.41, 5.74) is -1.84. The number of unbranched alkanes of at least 4 members (excludes halogenated alkanes) is 6. The monoisotopic (exact) mass is 665 g/mol. The number of carbonyl (C=O) groups excluding carboxylic acids is 3. The number of carboxylic acids is 3. The first-order chi connectivity index (χ1) is 16.6. The Morgan fingerprint density at radius 1 is 0.486 bits per heavy atom. The van der Waals surface area contributed by atoms with Crippen LogP contribution in [0, 0.1) is 56.6 Å². The van der Waals surface area contributed by atoms with E-state index in [9.17, 15) is 29.7 Å². The van der Waals surface area contributed by atoms with Crippen molar-refractivity contribution in [1.29, 1.82) is 0 Å². The Morgan fingerprint density at radius 3 is 1.24 bits per heavy atom. The Morgan fingerprint density at radius 2 is 0.892 bits per heavy atom. The van der Waals surface area contributed by atoms with Gasteiger partial charge in [0.25, 0.3) is 0 Å². The van der Waals surface area contributed by atoms with Crippen LogP contribution in [0.25, 0.3) is 0 Å². The van der Waals surface area contributed by atoms with Gasteiger partial charge in [0.05, 0.1) is 0 Å². The number of carbonyl (C=O) groups is 3. The molecule has 0 N–H and O–H groups in total. The van der Waals surface area contributed by atoms with Crippen molar-refractivity contribution in [3.63, 3.8) is 0 Å². The summed E-state index contributed by atoms with van der Waals surface area (Å²) >= 11 is 0. The predicted octanol–water partition coefficient (Wildman–Crippen LogP) is 5.20. The molecule has 0 spiro atoms. The van der Waals surface area contributed by atoms with Crippen LogP contribution in [0.1, 0.15) is 159 Å². The summed E-state index contributed by atoms with van der Waals surface area (Å²) in [5.74, 6) is -2.72. The first-order valence-electron chi connectivity index (χ1n) is 14.3. The number of hydrogen-bond donors (Lipinski definition) is 0. The third kappa shape index (κ3) is 22.3. The van der Waals surface area contributed by atoms with E-state index in [1.807, 2.05) is 13.8 Å². The Kier molecular flexibility index (Phi) is 29.3. The van der Waals surface area contributed by atoms with Gasteiger partial charge in [0, 0.05) is 34.2 Å². The fraction of sp³-hybridized carbons (Fsp3) is 0.900. The molecule has 0 aromatic carbocycles. The second-order valence-corrected chi connectivity index (χ2v) is 11.3. The maximum atomic E-state index is 10.8.